The lowest BCUT2D eigenvalue weighted by Crippen LogP contribution is -2.47. The number of ether oxygens (including phenoxy) is 4. The van der Waals surface area contributed by atoms with E-state index >= 15 is 0 Å². The average molecular weight is 679 g/mol. The van der Waals surface area contributed by atoms with E-state index < -0.39 is 17.9 Å². The van der Waals surface area contributed by atoms with Crippen LogP contribution in [0.5, 0.6) is 17.2 Å². The second-order valence-electron chi connectivity index (χ2n) is 13.0. The number of carbonyl (C=O) groups excluding carboxylic acids is 2. The lowest BCUT2D eigenvalue weighted by atomic mass is 10.0. The molecule has 0 bridgehead atoms. The van der Waals surface area contributed by atoms with Crippen LogP contribution in [-0.4, -0.2) is 85.2 Å². The third-order valence-electron chi connectivity index (χ3n) is 8.79. The number of amides is 3. The fourth-order valence-corrected chi connectivity index (χ4v) is 6.01. The van der Waals surface area contributed by atoms with Crippen molar-refractivity contribution in [2.45, 2.75) is 64.8 Å². The Bertz CT molecular complexity index is 1570. The molecule has 11 nitrogen and oxygen atoms in total. The number of aliphatic hydroxyl groups excluding tert-OH is 1. The monoisotopic (exact) mass is 678 g/mol. The number of rotatable bonds is 8. The topological polar surface area (TPSA) is 122 Å². The molecule has 0 fully saturated rings. The minimum absolute atomic E-state index is 0.0915. The van der Waals surface area contributed by atoms with E-state index in [-0.39, 0.29) is 43.0 Å². The van der Waals surface area contributed by atoms with Crippen LogP contribution < -0.4 is 24.8 Å². The molecule has 4 atom stereocenters. The van der Waals surface area contributed by atoms with Crippen molar-refractivity contribution in [3.05, 3.63) is 77.6 Å². The van der Waals surface area contributed by atoms with Gasteiger partial charge in [-0.2, -0.15) is 0 Å². The number of urea groups is 1. The summed E-state index contributed by atoms with van der Waals surface area (Å²) in [6, 6.07) is 15.3. The average Bonchev–Trinajstić information content (AvgIpc) is 3.55. The molecule has 2 aliphatic heterocycles. The first-order valence-electron chi connectivity index (χ1n) is 16.8. The first-order chi connectivity index (χ1) is 23.6. The summed E-state index contributed by atoms with van der Waals surface area (Å²) in [5, 5.41) is 15.7. The normalized spacial score (nSPS) is 20.6. The number of fused-ring (bicyclic) bond motifs is 2. The number of nitrogens with zero attached hydrogens (tertiary/aromatic N) is 2. The van der Waals surface area contributed by atoms with Gasteiger partial charge in [0.1, 0.15) is 11.6 Å². The largest absolute Gasteiger partial charge is 0.490 e. The van der Waals surface area contributed by atoms with Crippen molar-refractivity contribution in [2.24, 2.45) is 5.92 Å². The molecule has 0 aliphatic carbocycles. The van der Waals surface area contributed by atoms with Gasteiger partial charge in [-0.3, -0.25) is 9.69 Å². The Balaban J connectivity index is 1.36. The molecule has 5 rings (SSSR count). The third-order valence-corrected chi connectivity index (χ3v) is 8.79. The predicted octanol–water partition coefficient (Wildman–Crippen LogP) is 6.13. The summed E-state index contributed by atoms with van der Waals surface area (Å²) in [6.07, 6.45) is 2.13. The van der Waals surface area contributed by atoms with E-state index in [2.05, 4.69) is 22.5 Å². The van der Waals surface area contributed by atoms with Gasteiger partial charge in [0.2, 0.25) is 6.79 Å². The van der Waals surface area contributed by atoms with Crippen LogP contribution in [0, 0.1) is 11.7 Å². The first kappa shape index (κ1) is 35.9. The highest BCUT2D eigenvalue weighted by atomic mass is 19.1. The SMILES string of the molecule is C[C@H]1CCCCO[C@@H](CN(C)Cc2ccc3c(c2)OCO3)[C@@H](C)CN([C@@H](C)CO)C(=O)c2cc(NC(=O)Nc3ccc(F)cc3)ccc2O1. The van der Waals surface area contributed by atoms with Gasteiger partial charge >= 0.3 is 6.03 Å². The molecule has 3 aromatic carbocycles. The molecule has 0 radical (unpaired) electrons. The number of anilines is 2. The minimum atomic E-state index is -0.548. The lowest BCUT2D eigenvalue weighted by molar-refractivity contribution is -0.0177. The Kier molecular flexibility index (Phi) is 12.3. The Hall–Kier alpha value is -4.39. The second kappa shape index (κ2) is 16.8. The Morgan fingerprint density at radius 2 is 1.71 bits per heavy atom. The van der Waals surface area contributed by atoms with Gasteiger partial charge in [-0.1, -0.05) is 13.0 Å². The summed E-state index contributed by atoms with van der Waals surface area (Å²) in [5.74, 6) is 1.06. The van der Waals surface area contributed by atoms with Gasteiger partial charge < -0.3 is 39.6 Å². The van der Waals surface area contributed by atoms with Crippen LogP contribution in [0.4, 0.5) is 20.6 Å². The highest BCUT2D eigenvalue weighted by Gasteiger charge is 2.30. The summed E-state index contributed by atoms with van der Waals surface area (Å²) >= 11 is 0. The maximum absolute atomic E-state index is 14.4. The molecule has 2 heterocycles. The molecule has 264 valence electrons. The maximum atomic E-state index is 14.4. The first-order valence-corrected chi connectivity index (χ1v) is 16.8. The highest BCUT2D eigenvalue weighted by molar-refractivity contribution is 6.02. The zero-order chi connectivity index (χ0) is 34.9. The van der Waals surface area contributed by atoms with Crippen LogP contribution in [0.1, 0.15) is 56.0 Å². The molecule has 0 aromatic heterocycles. The summed E-state index contributed by atoms with van der Waals surface area (Å²) in [4.78, 5) is 31.0. The molecule has 12 heteroatoms. The Morgan fingerprint density at radius 1 is 1.00 bits per heavy atom. The van der Waals surface area contributed by atoms with Crippen molar-refractivity contribution in [3.8, 4) is 17.2 Å². The van der Waals surface area contributed by atoms with Crippen molar-refractivity contribution in [1.29, 1.82) is 0 Å². The molecule has 3 N–H and O–H groups in total. The van der Waals surface area contributed by atoms with Crippen LogP contribution in [0.3, 0.4) is 0 Å². The number of benzene rings is 3. The van der Waals surface area contributed by atoms with E-state index in [9.17, 15) is 19.1 Å². The smallest absolute Gasteiger partial charge is 0.323 e. The van der Waals surface area contributed by atoms with Crippen LogP contribution in [0.25, 0.3) is 0 Å². The summed E-state index contributed by atoms with van der Waals surface area (Å²) in [6.45, 7) is 8.01. The molecular formula is C37H47FN4O7. The lowest BCUT2D eigenvalue weighted by Gasteiger charge is -2.36. The third kappa shape index (κ3) is 9.84. The van der Waals surface area contributed by atoms with Crippen LogP contribution in [0.15, 0.2) is 60.7 Å². The predicted molar refractivity (Wildman–Crippen MR) is 185 cm³/mol. The molecule has 49 heavy (non-hydrogen) atoms. The molecule has 0 spiro atoms. The molecule has 3 amide bonds. The standard InChI is InChI=1S/C37H47FN4O7/c1-24-19-42(25(2)22-43)36(44)31-18-30(40-37(45)39-29-11-9-28(38)10-12-29)13-15-32(31)49-26(3)7-5-6-16-46-35(24)21-41(4)20-27-8-14-33-34(17-27)48-23-47-33/h8-15,17-18,24-26,35,43H,5-7,16,19-23H2,1-4H3,(H2,39,40,45)/t24-,25-,26-,35-/m0/s1. The number of carbonyl (C=O) groups is 2. The zero-order valence-electron chi connectivity index (χ0n) is 28.6. The van der Waals surface area contributed by atoms with Gasteiger partial charge in [0.05, 0.1) is 30.4 Å². The second-order valence-corrected chi connectivity index (χ2v) is 13.0. The number of aliphatic hydroxyl groups is 1. The van der Waals surface area contributed by atoms with Gasteiger partial charge in [-0.15, -0.1) is 0 Å². The van der Waals surface area contributed by atoms with Crippen molar-refractivity contribution in [2.75, 3.05) is 50.8 Å². The van der Waals surface area contributed by atoms with Crippen LogP contribution in [-0.2, 0) is 11.3 Å². The summed E-state index contributed by atoms with van der Waals surface area (Å²) in [5.41, 5.74) is 2.15. The van der Waals surface area contributed by atoms with Gasteiger partial charge in [-0.05, 0) is 100 Å². The van der Waals surface area contributed by atoms with Crippen molar-refractivity contribution in [1.82, 2.24) is 9.80 Å². The van der Waals surface area contributed by atoms with Crippen molar-refractivity contribution < 1.29 is 38.0 Å². The maximum Gasteiger partial charge on any atom is 0.323 e. The summed E-state index contributed by atoms with van der Waals surface area (Å²) < 4.78 is 37.1. The Morgan fingerprint density at radius 3 is 2.49 bits per heavy atom. The number of likely N-dealkylation sites (N-methyl/N-ethyl adjacent to an activating group) is 1. The van der Waals surface area contributed by atoms with E-state index in [0.29, 0.717) is 43.4 Å². The van der Waals surface area contributed by atoms with E-state index in [1.54, 1.807) is 30.0 Å². The van der Waals surface area contributed by atoms with E-state index in [1.807, 2.05) is 32.2 Å². The molecular weight excluding hydrogens is 631 g/mol. The van der Waals surface area contributed by atoms with Crippen LogP contribution in [0.2, 0.25) is 0 Å². The van der Waals surface area contributed by atoms with Crippen molar-refractivity contribution >= 4 is 23.3 Å². The molecule has 0 unspecified atom stereocenters. The fraction of sp³-hybridized carbons (Fsp3) is 0.459. The van der Waals surface area contributed by atoms with Gasteiger partial charge in [0, 0.05) is 43.5 Å². The number of halogens is 1. The molecule has 2 aliphatic rings. The Labute approximate surface area is 287 Å². The van der Waals surface area contributed by atoms with E-state index in [1.165, 1.54) is 24.3 Å². The van der Waals surface area contributed by atoms with E-state index in [0.717, 1.165) is 36.3 Å². The number of hydrogen-bond acceptors (Lipinski definition) is 8. The molecule has 3 aromatic rings. The van der Waals surface area contributed by atoms with Crippen molar-refractivity contribution in [3.63, 3.8) is 0 Å². The van der Waals surface area contributed by atoms with Gasteiger partial charge in [-0.25, -0.2) is 9.18 Å². The summed E-state index contributed by atoms with van der Waals surface area (Å²) in [7, 11) is 2.04. The number of nitrogens with one attached hydrogen (secondary N) is 2. The quantitative estimate of drug-likeness (QED) is 0.261. The number of hydrogen-bond donors (Lipinski definition) is 3. The zero-order valence-corrected chi connectivity index (χ0v) is 28.6. The molecule has 0 saturated carbocycles. The van der Waals surface area contributed by atoms with E-state index in [4.69, 9.17) is 18.9 Å². The van der Waals surface area contributed by atoms with Gasteiger partial charge in [0.15, 0.2) is 11.5 Å². The fourth-order valence-electron chi connectivity index (χ4n) is 6.01. The van der Waals surface area contributed by atoms with Crippen LogP contribution >= 0.6 is 0 Å². The van der Waals surface area contributed by atoms with Gasteiger partial charge in [0.25, 0.3) is 5.91 Å². The highest BCUT2D eigenvalue weighted by Crippen LogP contribution is 2.33. The molecule has 0 saturated heterocycles. The minimum Gasteiger partial charge on any atom is -0.490 e.